The highest BCUT2D eigenvalue weighted by Gasteiger charge is 2.38. The van der Waals surface area contributed by atoms with E-state index in [0.29, 0.717) is 25.8 Å². The van der Waals surface area contributed by atoms with Gasteiger partial charge in [0.25, 0.3) is 0 Å². The molecule has 8 nitrogen and oxygen atoms in total. The fourth-order valence-corrected chi connectivity index (χ4v) is 5.88. The van der Waals surface area contributed by atoms with Crippen molar-refractivity contribution in [2.45, 2.75) is 71.8 Å². The largest absolute Gasteiger partial charge is 0.481 e. The van der Waals surface area contributed by atoms with Gasteiger partial charge >= 0.3 is 5.97 Å². The molecule has 0 spiro atoms. The van der Waals surface area contributed by atoms with Crippen LogP contribution in [0.25, 0.3) is 0 Å². The van der Waals surface area contributed by atoms with Gasteiger partial charge in [-0.2, -0.15) is 0 Å². The lowest BCUT2D eigenvalue weighted by atomic mass is 9.71. The Bertz CT molecular complexity index is 962. The molecule has 4 atom stereocenters. The van der Waals surface area contributed by atoms with Crippen LogP contribution in [0.2, 0.25) is 0 Å². The Morgan fingerprint density at radius 3 is 2.21 bits per heavy atom. The average Bonchev–Trinajstić information content (AvgIpc) is 3.37. The number of carbonyl (C=O) groups is 4. The number of Topliss-reactive ketones (excluding diaryl/α,β-unsaturated/α-hetero) is 1. The van der Waals surface area contributed by atoms with Crippen molar-refractivity contribution in [2.75, 3.05) is 33.7 Å². The fraction of sp³-hybridized carbons (Fsp3) is 0.667. The van der Waals surface area contributed by atoms with Gasteiger partial charge in [-0.15, -0.1) is 0 Å². The second-order valence-electron chi connectivity index (χ2n) is 11.7. The number of likely N-dealkylation sites (N-methyl/N-ethyl adjacent to an activating group) is 2. The van der Waals surface area contributed by atoms with Crippen LogP contribution in [0.3, 0.4) is 0 Å². The summed E-state index contributed by atoms with van der Waals surface area (Å²) in [5, 5.41) is 12.3. The van der Waals surface area contributed by atoms with E-state index in [1.54, 1.807) is 11.9 Å². The lowest BCUT2D eigenvalue weighted by Gasteiger charge is -2.35. The molecule has 38 heavy (non-hydrogen) atoms. The van der Waals surface area contributed by atoms with Gasteiger partial charge in [-0.05, 0) is 37.8 Å². The van der Waals surface area contributed by atoms with E-state index < -0.39 is 17.8 Å². The molecule has 1 saturated carbocycles. The molecule has 0 aromatic heterocycles. The molecule has 0 heterocycles. The highest BCUT2D eigenvalue weighted by molar-refractivity contribution is 5.88. The number of carboxylic acids is 1. The SMILES string of the molecule is CC[C@H](C(=O)NCC(=O)N(C)[C@H](CN(C)CC(=O)C1CCCC1C(=O)O)C(C)C)C(C)(C)c1ccccc1. The standard InChI is InChI=1S/C30H47N3O5/c1-8-24(30(4,5)21-13-10-9-11-14-21)28(36)31-17-27(35)33(7)25(20(2)3)18-32(6)19-26(34)22-15-12-16-23(22)29(37)38/h9-11,13-14,20,22-25H,8,12,15-19H2,1-7H3,(H,31,36)(H,37,38)/t22?,23?,24-,25-/m1/s1. The Labute approximate surface area is 228 Å². The second kappa shape index (κ2) is 13.9. The summed E-state index contributed by atoms with van der Waals surface area (Å²) in [6, 6.07) is 9.77. The van der Waals surface area contributed by atoms with Crippen LogP contribution in [0, 0.1) is 23.7 Å². The van der Waals surface area contributed by atoms with Gasteiger partial charge in [0, 0.05) is 36.9 Å². The van der Waals surface area contributed by atoms with E-state index in [0.717, 1.165) is 12.0 Å². The molecular formula is C30H47N3O5. The molecule has 0 saturated heterocycles. The summed E-state index contributed by atoms with van der Waals surface area (Å²) in [4.78, 5) is 54.1. The molecule has 1 aliphatic carbocycles. The van der Waals surface area contributed by atoms with Crippen molar-refractivity contribution in [1.29, 1.82) is 0 Å². The number of nitrogens with one attached hydrogen (secondary N) is 1. The summed E-state index contributed by atoms with van der Waals surface area (Å²) in [6.07, 6.45) is 2.58. The van der Waals surface area contributed by atoms with E-state index >= 15 is 0 Å². The van der Waals surface area contributed by atoms with Gasteiger partial charge in [-0.3, -0.25) is 24.1 Å². The number of benzene rings is 1. The summed E-state index contributed by atoms with van der Waals surface area (Å²) in [5.74, 6) is -2.47. The van der Waals surface area contributed by atoms with Crippen LogP contribution < -0.4 is 5.32 Å². The molecule has 1 aliphatic rings. The molecule has 0 radical (unpaired) electrons. The topological polar surface area (TPSA) is 107 Å². The van der Waals surface area contributed by atoms with Gasteiger partial charge in [-0.25, -0.2) is 0 Å². The number of aliphatic carboxylic acids is 1. The van der Waals surface area contributed by atoms with Crippen LogP contribution in [-0.2, 0) is 24.6 Å². The zero-order valence-electron chi connectivity index (χ0n) is 24.2. The smallest absolute Gasteiger partial charge is 0.307 e. The first-order valence-corrected chi connectivity index (χ1v) is 13.8. The van der Waals surface area contributed by atoms with Crippen molar-refractivity contribution in [3.8, 4) is 0 Å². The molecule has 1 aromatic carbocycles. The Hall–Kier alpha value is -2.74. The number of hydrogen-bond donors (Lipinski definition) is 2. The van der Waals surface area contributed by atoms with Crippen LogP contribution in [0.4, 0.5) is 0 Å². The summed E-state index contributed by atoms with van der Waals surface area (Å²) in [7, 11) is 3.56. The number of nitrogens with zero attached hydrogens (tertiary/aromatic N) is 2. The molecule has 1 fully saturated rings. The second-order valence-corrected chi connectivity index (χ2v) is 11.7. The van der Waals surface area contributed by atoms with Gasteiger partial charge in [0.15, 0.2) is 5.78 Å². The lowest BCUT2D eigenvalue weighted by Crippen LogP contribution is -2.51. The summed E-state index contributed by atoms with van der Waals surface area (Å²) >= 11 is 0. The number of rotatable bonds is 14. The maximum atomic E-state index is 13.2. The highest BCUT2D eigenvalue weighted by Crippen LogP contribution is 2.34. The minimum atomic E-state index is -0.895. The summed E-state index contributed by atoms with van der Waals surface area (Å²) in [6.45, 7) is 10.7. The third kappa shape index (κ3) is 7.88. The predicted octanol–water partition coefficient (Wildman–Crippen LogP) is 3.59. The van der Waals surface area contributed by atoms with Crippen LogP contribution in [-0.4, -0.2) is 78.2 Å². The molecule has 1 aromatic rings. The van der Waals surface area contributed by atoms with Gasteiger partial charge < -0.3 is 15.3 Å². The summed E-state index contributed by atoms with van der Waals surface area (Å²) < 4.78 is 0. The third-order valence-electron chi connectivity index (χ3n) is 8.36. The zero-order valence-corrected chi connectivity index (χ0v) is 24.2. The van der Waals surface area contributed by atoms with E-state index in [2.05, 4.69) is 19.2 Å². The quantitative estimate of drug-likeness (QED) is 0.381. The lowest BCUT2D eigenvalue weighted by molar-refractivity contribution is -0.146. The summed E-state index contributed by atoms with van der Waals surface area (Å²) in [5.41, 5.74) is 0.694. The van der Waals surface area contributed by atoms with Crippen molar-refractivity contribution >= 4 is 23.6 Å². The Kier molecular flexibility index (Phi) is 11.5. The van der Waals surface area contributed by atoms with Crippen molar-refractivity contribution in [3.63, 3.8) is 0 Å². The van der Waals surface area contributed by atoms with Crippen LogP contribution in [0.15, 0.2) is 30.3 Å². The molecule has 0 aliphatic heterocycles. The van der Waals surface area contributed by atoms with E-state index in [1.807, 2.05) is 63.1 Å². The van der Waals surface area contributed by atoms with Crippen LogP contribution >= 0.6 is 0 Å². The number of hydrogen-bond acceptors (Lipinski definition) is 5. The molecule has 0 bridgehead atoms. The monoisotopic (exact) mass is 529 g/mol. The van der Waals surface area contributed by atoms with Crippen molar-refractivity contribution < 1.29 is 24.3 Å². The average molecular weight is 530 g/mol. The Morgan fingerprint density at radius 1 is 1.05 bits per heavy atom. The maximum absolute atomic E-state index is 13.2. The minimum absolute atomic E-state index is 0.0483. The van der Waals surface area contributed by atoms with Crippen molar-refractivity contribution in [3.05, 3.63) is 35.9 Å². The van der Waals surface area contributed by atoms with E-state index in [-0.39, 0.29) is 54.0 Å². The zero-order chi connectivity index (χ0) is 28.6. The predicted molar refractivity (Wildman–Crippen MR) is 149 cm³/mol. The van der Waals surface area contributed by atoms with Crippen molar-refractivity contribution in [2.24, 2.45) is 23.7 Å². The first-order valence-electron chi connectivity index (χ1n) is 13.8. The normalized spacial score (nSPS) is 19.3. The van der Waals surface area contributed by atoms with Gasteiger partial charge in [0.05, 0.1) is 19.0 Å². The maximum Gasteiger partial charge on any atom is 0.307 e. The van der Waals surface area contributed by atoms with Gasteiger partial charge in [-0.1, -0.05) is 71.4 Å². The number of amides is 2. The first kappa shape index (κ1) is 31.5. The molecule has 2 unspecified atom stereocenters. The molecule has 212 valence electrons. The number of carboxylic acid groups (broad SMARTS) is 1. The third-order valence-corrected chi connectivity index (χ3v) is 8.36. The molecule has 2 rings (SSSR count). The molecule has 2 amide bonds. The minimum Gasteiger partial charge on any atom is -0.481 e. The fourth-order valence-electron chi connectivity index (χ4n) is 5.88. The van der Waals surface area contributed by atoms with E-state index in [1.165, 1.54) is 0 Å². The highest BCUT2D eigenvalue weighted by atomic mass is 16.4. The van der Waals surface area contributed by atoms with Crippen LogP contribution in [0.5, 0.6) is 0 Å². The van der Waals surface area contributed by atoms with Gasteiger partial charge in [0.2, 0.25) is 11.8 Å². The van der Waals surface area contributed by atoms with Crippen LogP contribution in [0.1, 0.15) is 65.9 Å². The Morgan fingerprint density at radius 2 is 1.66 bits per heavy atom. The van der Waals surface area contributed by atoms with E-state index in [4.69, 9.17) is 0 Å². The number of ketones is 1. The van der Waals surface area contributed by atoms with Crippen molar-refractivity contribution in [1.82, 2.24) is 15.1 Å². The van der Waals surface area contributed by atoms with Gasteiger partial charge in [0.1, 0.15) is 0 Å². The molecule has 8 heteroatoms. The molecular weight excluding hydrogens is 482 g/mol. The Balaban J connectivity index is 1.97. The first-order chi connectivity index (χ1) is 17.8. The van der Waals surface area contributed by atoms with E-state index in [9.17, 15) is 24.3 Å². The molecule has 2 N–H and O–H groups in total. The number of carbonyl (C=O) groups excluding carboxylic acids is 3.